The van der Waals surface area contributed by atoms with Crippen molar-refractivity contribution >= 4 is 6.98 Å². The molecule has 1 aliphatic heterocycles. The van der Waals surface area contributed by atoms with Gasteiger partial charge >= 0.3 is 58.4 Å². The molecule has 1 aliphatic carbocycles. The minimum atomic E-state index is -5.43. The maximum atomic E-state index is 12.9. The van der Waals surface area contributed by atoms with E-state index in [-0.39, 0.29) is 64.5 Å². The number of hydrogen-bond acceptors (Lipinski definition) is 1. The van der Waals surface area contributed by atoms with Crippen LogP contribution in [0.15, 0.2) is 0 Å². The van der Waals surface area contributed by atoms with Gasteiger partial charge in [-0.1, -0.05) is 6.42 Å². The Labute approximate surface area is 121 Å². The van der Waals surface area contributed by atoms with E-state index in [9.17, 15) is 21.7 Å². The first kappa shape index (κ1) is 13.4. The van der Waals surface area contributed by atoms with Gasteiger partial charge in [-0.2, -0.15) is 0 Å². The predicted octanol–water partition coefficient (Wildman–Crippen LogP) is -1.16. The molecule has 2 aliphatic rings. The third-order valence-corrected chi connectivity index (χ3v) is 3.24. The van der Waals surface area contributed by atoms with Crippen LogP contribution in [0.4, 0.5) is 21.7 Å². The summed E-state index contributed by atoms with van der Waals surface area (Å²) in [5.41, 5.74) is 0. The zero-order valence-corrected chi connectivity index (χ0v) is 10.8. The Kier molecular flexibility index (Phi) is 3.50. The van der Waals surface area contributed by atoms with Crippen molar-refractivity contribution in [2.45, 2.75) is 17.7 Å². The van der Waals surface area contributed by atoms with Gasteiger partial charge in [0.1, 0.15) is 0 Å². The molecule has 2 fully saturated rings. The van der Waals surface area contributed by atoms with Crippen molar-refractivity contribution in [3.8, 4) is 0 Å². The van der Waals surface area contributed by atoms with Gasteiger partial charge in [0.2, 0.25) is 5.92 Å². The number of halogens is 5. The van der Waals surface area contributed by atoms with E-state index in [1.54, 1.807) is 0 Å². The predicted molar refractivity (Wildman–Crippen MR) is 37.7 cm³/mol. The quantitative estimate of drug-likeness (QED) is 0.449. The SMILES string of the molecule is F[B-](F)(F)C12CCNCC1C2(F)F.[K+]. The zero-order chi connectivity index (χ0) is 9.91. The topological polar surface area (TPSA) is 12.0 Å². The standard InChI is InChI=1S/C6H8BF5N.K/c8-6(9)4-3-13-2-1-5(4,6)7(10,11)12;/h4,13H,1-3H2;/q-1;+1. The first-order valence-corrected chi connectivity index (χ1v) is 4.12. The van der Waals surface area contributed by atoms with Crippen LogP contribution in [0.5, 0.6) is 0 Å². The van der Waals surface area contributed by atoms with Crippen LogP contribution in [0.3, 0.4) is 0 Å². The molecule has 0 aromatic heterocycles. The molecule has 0 aromatic carbocycles. The van der Waals surface area contributed by atoms with Crippen LogP contribution in [0.1, 0.15) is 6.42 Å². The second kappa shape index (κ2) is 3.66. The van der Waals surface area contributed by atoms with Crippen molar-refractivity contribution < 1.29 is 73.1 Å². The van der Waals surface area contributed by atoms with Crippen LogP contribution in [0.25, 0.3) is 0 Å². The molecule has 0 radical (unpaired) electrons. The van der Waals surface area contributed by atoms with Gasteiger partial charge in [-0.05, 0) is 6.54 Å². The average molecular weight is 239 g/mol. The van der Waals surface area contributed by atoms with Crippen LogP contribution in [0.2, 0.25) is 5.31 Å². The van der Waals surface area contributed by atoms with Gasteiger partial charge in [0.05, 0.1) is 0 Å². The smallest absolute Gasteiger partial charge is 0.448 e. The van der Waals surface area contributed by atoms with E-state index in [4.69, 9.17) is 0 Å². The van der Waals surface area contributed by atoms with Crippen LogP contribution in [-0.2, 0) is 0 Å². The van der Waals surface area contributed by atoms with Gasteiger partial charge in [0, 0.05) is 17.8 Å². The van der Waals surface area contributed by atoms with Gasteiger partial charge in [-0.15, -0.1) is 0 Å². The Morgan fingerprint density at radius 2 is 1.79 bits per heavy atom. The molecular formula is C6H8BF5KN. The van der Waals surface area contributed by atoms with E-state index in [1.807, 2.05) is 0 Å². The average Bonchev–Trinajstić information content (AvgIpc) is 2.51. The summed E-state index contributed by atoms with van der Waals surface area (Å²) < 4.78 is 63.1. The molecule has 1 N–H and O–H groups in total. The monoisotopic (exact) mass is 239 g/mol. The van der Waals surface area contributed by atoms with Gasteiger partial charge < -0.3 is 18.3 Å². The van der Waals surface area contributed by atoms with Gasteiger partial charge in [0.25, 0.3) is 0 Å². The minimum absolute atomic E-state index is 0. The van der Waals surface area contributed by atoms with Gasteiger partial charge in [0.15, 0.2) is 0 Å². The molecular weight excluding hydrogens is 231 g/mol. The number of nitrogens with one attached hydrogen (secondary N) is 1. The largest absolute Gasteiger partial charge is 1.00 e. The van der Waals surface area contributed by atoms with Gasteiger partial charge in [-0.25, -0.2) is 8.78 Å². The molecule has 76 valence electrons. The first-order chi connectivity index (χ1) is 5.84. The molecule has 1 saturated heterocycles. The summed E-state index contributed by atoms with van der Waals surface area (Å²) >= 11 is 0. The molecule has 14 heavy (non-hydrogen) atoms. The maximum Gasteiger partial charge on any atom is 1.00 e. The van der Waals surface area contributed by atoms with Crippen LogP contribution < -0.4 is 56.7 Å². The van der Waals surface area contributed by atoms with Crippen molar-refractivity contribution in [3.63, 3.8) is 0 Å². The summed E-state index contributed by atoms with van der Waals surface area (Å²) in [6.45, 7) is -5.61. The Morgan fingerprint density at radius 1 is 1.21 bits per heavy atom. The minimum Gasteiger partial charge on any atom is -0.448 e. The van der Waals surface area contributed by atoms with E-state index in [2.05, 4.69) is 5.32 Å². The van der Waals surface area contributed by atoms with E-state index >= 15 is 0 Å². The van der Waals surface area contributed by atoms with Crippen molar-refractivity contribution in [1.29, 1.82) is 0 Å². The van der Waals surface area contributed by atoms with E-state index in [0.717, 1.165) is 0 Å². The maximum absolute atomic E-state index is 12.9. The summed E-state index contributed by atoms with van der Waals surface area (Å²) in [6.07, 6.45) is -0.478. The molecule has 1 heterocycles. The fourth-order valence-electron chi connectivity index (χ4n) is 2.36. The van der Waals surface area contributed by atoms with E-state index < -0.39 is 30.6 Å². The molecule has 1 nitrogen and oxygen atoms in total. The third-order valence-electron chi connectivity index (χ3n) is 3.24. The molecule has 0 spiro atoms. The Hall–Kier alpha value is 1.31. The second-order valence-corrected chi connectivity index (χ2v) is 3.74. The number of fused-ring (bicyclic) bond motifs is 1. The summed E-state index contributed by atoms with van der Waals surface area (Å²) in [5, 5.41) is -0.0959. The first-order valence-electron chi connectivity index (χ1n) is 4.12. The fraction of sp³-hybridized carbons (Fsp3) is 1.00. The van der Waals surface area contributed by atoms with Crippen molar-refractivity contribution in [2.75, 3.05) is 13.1 Å². The normalized spacial score (nSPS) is 39.6. The summed E-state index contributed by atoms with van der Waals surface area (Å²) in [7, 11) is 0. The van der Waals surface area contributed by atoms with Crippen molar-refractivity contribution in [1.82, 2.24) is 5.32 Å². The molecule has 2 atom stereocenters. The third kappa shape index (κ3) is 1.45. The molecule has 2 rings (SSSR count). The van der Waals surface area contributed by atoms with Gasteiger partial charge in [-0.3, -0.25) is 0 Å². The second-order valence-electron chi connectivity index (χ2n) is 3.74. The molecule has 1 saturated carbocycles. The summed E-state index contributed by atoms with van der Waals surface area (Å²) in [4.78, 5) is 0. The van der Waals surface area contributed by atoms with Crippen LogP contribution >= 0.6 is 0 Å². The zero-order valence-electron chi connectivity index (χ0n) is 7.67. The van der Waals surface area contributed by atoms with Crippen molar-refractivity contribution in [3.05, 3.63) is 0 Å². The molecule has 2 unspecified atom stereocenters. The molecule has 0 aromatic rings. The van der Waals surface area contributed by atoms with Crippen LogP contribution in [-0.4, -0.2) is 26.0 Å². The Balaban J connectivity index is 0.000000980. The number of alkyl halides is 2. The van der Waals surface area contributed by atoms with E-state index in [1.165, 1.54) is 0 Å². The number of rotatable bonds is 1. The number of hydrogen-bond donors (Lipinski definition) is 1. The fourth-order valence-corrected chi connectivity index (χ4v) is 2.36. The van der Waals surface area contributed by atoms with E-state index in [0.29, 0.717) is 0 Å². The summed E-state index contributed by atoms with van der Waals surface area (Å²) in [6, 6.07) is 0. The summed E-state index contributed by atoms with van der Waals surface area (Å²) in [5.74, 6) is -5.05. The molecule has 0 bridgehead atoms. The van der Waals surface area contributed by atoms with Crippen LogP contribution in [0, 0.1) is 5.92 Å². The Morgan fingerprint density at radius 3 is 2.14 bits per heavy atom. The Bertz CT molecular complexity index is 245. The number of piperidine rings is 1. The molecule has 8 heteroatoms. The molecule has 0 amide bonds. The van der Waals surface area contributed by atoms with Crippen molar-refractivity contribution in [2.24, 2.45) is 5.92 Å².